The Labute approximate surface area is 174 Å². The number of amides is 1. The summed E-state index contributed by atoms with van der Waals surface area (Å²) in [5.41, 5.74) is 2.82. The maximum atomic E-state index is 13.1. The largest absolute Gasteiger partial charge is 0.366 e. The van der Waals surface area contributed by atoms with Crippen LogP contribution in [0, 0.1) is 10.1 Å². The minimum atomic E-state index is -0.537. The normalized spacial score (nSPS) is 19.9. The number of carbonyl (C=O) groups excluding carboxylic acids is 1. The van der Waals surface area contributed by atoms with Gasteiger partial charge in [-0.2, -0.15) is 0 Å². The highest BCUT2D eigenvalue weighted by Crippen LogP contribution is 2.37. The molecule has 0 radical (unpaired) electrons. The monoisotopic (exact) mass is 409 g/mol. The zero-order valence-electron chi connectivity index (χ0n) is 16.6. The quantitative estimate of drug-likeness (QED) is 0.572. The van der Waals surface area contributed by atoms with E-state index in [2.05, 4.69) is 0 Å². The summed E-state index contributed by atoms with van der Waals surface area (Å²) >= 11 is 0. The molecule has 0 aliphatic carbocycles. The van der Waals surface area contributed by atoms with Crippen LogP contribution in [0.3, 0.4) is 0 Å². The van der Waals surface area contributed by atoms with Gasteiger partial charge in [-0.25, -0.2) is 0 Å². The second kappa shape index (κ2) is 7.37. The average Bonchev–Trinajstić information content (AvgIpc) is 3.41. The van der Waals surface area contributed by atoms with Crippen molar-refractivity contribution in [2.75, 3.05) is 42.6 Å². The number of para-hydroxylation sites is 1. The summed E-state index contributed by atoms with van der Waals surface area (Å²) in [7, 11) is 0. The van der Waals surface area contributed by atoms with Crippen LogP contribution in [0.15, 0.2) is 42.5 Å². The van der Waals surface area contributed by atoms with Gasteiger partial charge in [0.1, 0.15) is 5.69 Å². The SMILES string of the molecule is O=C(c1ccc(N2CCC3(CC2)OCCO3)c([N+](=O)[O-])c1)N1CCc2ccccc21. The molecule has 0 bridgehead atoms. The molecule has 3 heterocycles. The van der Waals surface area contributed by atoms with E-state index in [-0.39, 0.29) is 11.6 Å². The summed E-state index contributed by atoms with van der Waals surface area (Å²) in [5, 5.41) is 11.8. The van der Waals surface area contributed by atoms with Gasteiger partial charge in [-0.05, 0) is 30.2 Å². The Morgan fingerprint density at radius 3 is 2.47 bits per heavy atom. The van der Waals surface area contributed by atoms with Crippen LogP contribution < -0.4 is 9.80 Å². The van der Waals surface area contributed by atoms with Crippen LogP contribution in [0.5, 0.6) is 0 Å². The number of anilines is 2. The molecule has 3 aliphatic rings. The summed E-state index contributed by atoms with van der Waals surface area (Å²) in [6.45, 7) is 2.98. The molecule has 2 aromatic rings. The molecule has 30 heavy (non-hydrogen) atoms. The topological polar surface area (TPSA) is 85.1 Å². The lowest BCUT2D eigenvalue weighted by atomic mass is 10.0. The van der Waals surface area contributed by atoms with E-state index in [1.807, 2.05) is 29.2 Å². The number of hydrogen-bond donors (Lipinski definition) is 0. The summed E-state index contributed by atoms with van der Waals surface area (Å²) < 4.78 is 11.5. The van der Waals surface area contributed by atoms with E-state index in [4.69, 9.17) is 9.47 Å². The van der Waals surface area contributed by atoms with Crippen LogP contribution in [0.2, 0.25) is 0 Å². The molecule has 5 rings (SSSR count). The van der Waals surface area contributed by atoms with Gasteiger partial charge >= 0.3 is 0 Å². The Hall–Kier alpha value is -2.97. The Bertz CT molecular complexity index is 992. The molecule has 0 atom stereocenters. The molecule has 2 fully saturated rings. The number of ether oxygens (including phenoxy) is 2. The van der Waals surface area contributed by atoms with Gasteiger partial charge in [0.2, 0.25) is 0 Å². The maximum Gasteiger partial charge on any atom is 0.293 e. The standard InChI is InChI=1S/C22H23N3O5/c26-21(24-10-7-16-3-1-2-4-18(16)24)17-5-6-19(20(15-17)25(27)28)23-11-8-22(9-12-23)29-13-14-30-22/h1-6,15H,7-14H2. The van der Waals surface area contributed by atoms with E-state index in [0.717, 1.165) is 17.7 Å². The highest BCUT2D eigenvalue weighted by molar-refractivity contribution is 6.08. The van der Waals surface area contributed by atoms with Crippen molar-refractivity contribution in [1.29, 1.82) is 0 Å². The van der Waals surface area contributed by atoms with Crippen LogP contribution >= 0.6 is 0 Å². The molecule has 156 valence electrons. The van der Waals surface area contributed by atoms with Crippen molar-refractivity contribution in [3.8, 4) is 0 Å². The van der Waals surface area contributed by atoms with Crippen LogP contribution in [0.1, 0.15) is 28.8 Å². The molecule has 0 N–H and O–H groups in total. The van der Waals surface area contributed by atoms with Gasteiger partial charge < -0.3 is 19.3 Å². The number of nitro groups is 1. The second-order valence-electron chi connectivity index (χ2n) is 7.89. The Balaban J connectivity index is 1.39. The lowest BCUT2D eigenvalue weighted by molar-refractivity contribution is -0.384. The Morgan fingerprint density at radius 1 is 1.00 bits per heavy atom. The van der Waals surface area contributed by atoms with Crippen LogP contribution in [0.25, 0.3) is 0 Å². The van der Waals surface area contributed by atoms with Crippen molar-refractivity contribution in [3.63, 3.8) is 0 Å². The van der Waals surface area contributed by atoms with E-state index in [1.54, 1.807) is 17.0 Å². The zero-order valence-corrected chi connectivity index (χ0v) is 16.6. The maximum absolute atomic E-state index is 13.1. The van der Waals surface area contributed by atoms with Crippen LogP contribution in [0.4, 0.5) is 17.1 Å². The first-order valence-corrected chi connectivity index (χ1v) is 10.3. The summed E-state index contributed by atoms with van der Waals surface area (Å²) in [5.74, 6) is -0.746. The van der Waals surface area contributed by atoms with Crippen LogP contribution in [-0.4, -0.2) is 49.5 Å². The molecular weight excluding hydrogens is 386 g/mol. The summed E-state index contributed by atoms with van der Waals surface area (Å²) in [6, 6.07) is 12.6. The number of carbonyl (C=O) groups is 1. The molecule has 0 aromatic heterocycles. The van der Waals surface area contributed by atoms with E-state index in [9.17, 15) is 14.9 Å². The third-order valence-electron chi connectivity index (χ3n) is 6.23. The molecule has 0 unspecified atom stereocenters. The summed E-state index contributed by atoms with van der Waals surface area (Å²) in [4.78, 5) is 28.2. The number of nitro benzene ring substituents is 1. The van der Waals surface area contributed by atoms with Crippen molar-refractivity contribution in [3.05, 3.63) is 63.7 Å². The van der Waals surface area contributed by atoms with Gasteiger partial charge in [0.15, 0.2) is 5.79 Å². The first kappa shape index (κ1) is 19.0. The molecule has 3 aliphatic heterocycles. The second-order valence-corrected chi connectivity index (χ2v) is 7.89. The molecule has 8 heteroatoms. The van der Waals surface area contributed by atoms with Crippen molar-refractivity contribution in [2.45, 2.75) is 25.0 Å². The van der Waals surface area contributed by atoms with E-state index in [1.165, 1.54) is 6.07 Å². The minimum absolute atomic E-state index is 0.0439. The molecule has 1 amide bonds. The van der Waals surface area contributed by atoms with E-state index in [0.29, 0.717) is 56.9 Å². The van der Waals surface area contributed by atoms with Crippen molar-refractivity contribution < 1.29 is 19.2 Å². The van der Waals surface area contributed by atoms with Gasteiger partial charge in [0.25, 0.3) is 11.6 Å². The third-order valence-corrected chi connectivity index (χ3v) is 6.23. The first-order chi connectivity index (χ1) is 14.6. The molecule has 1 spiro atoms. The number of rotatable bonds is 3. The van der Waals surface area contributed by atoms with Gasteiger partial charge in [-0.3, -0.25) is 14.9 Å². The fourth-order valence-corrected chi connectivity index (χ4v) is 4.65. The number of piperidine rings is 1. The smallest absolute Gasteiger partial charge is 0.293 e. The Morgan fingerprint density at radius 2 is 1.73 bits per heavy atom. The summed E-state index contributed by atoms with van der Waals surface area (Å²) in [6.07, 6.45) is 2.12. The molecule has 2 aromatic carbocycles. The van der Waals surface area contributed by atoms with E-state index < -0.39 is 10.7 Å². The number of fused-ring (bicyclic) bond motifs is 1. The molecule has 2 saturated heterocycles. The third kappa shape index (κ3) is 3.22. The highest BCUT2D eigenvalue weighted by atomic mass is 16.7. The van der Waals surface area contributed by atoms with Crippen LogP contribution in [-0.2, 0) is 15.9 Å². The predicted molar refractivity (Wildman–Crippen MR) is 111 cm³/mol. The predicted octanol–water partition coefficient (Wildman–Crippen LogP) is 3.14. The molecule has 8 nitrogen and oxygen atoms in total. The number of nitrogens with zero attached hydrogens (tertiary/aromatic N) is 3. The van der Waals surface area contributed by atoms with Crippen molar-refractivity contribution in [2.24, 2.45) is 0 Å². The minimum Gasteiger partial charge on any atom is -0.366 e. The zero-order chi connectivity index (χ0) is 20.7. The first-order valence-electron chi connectivity index (χ1n) is 10.3. The fourth-order valence-electron chi connectivity index (χ4n) is 4.65. The van der Waals surface area contributed by atoms with Gasteiger partial charge in [0, 0.05) is 49.8 Å². The number of hydrogen-bond acceptors (Lipinski definition) is 6. The lowest BCUT2D eigenvalue weighted by Gasteiger charge is -2.38. The lowest BCUT2D eigenvalue weighted by Crippen LogP contribution is -2.45. The van der Waals surface area contributed by atoms with Crippen molar-refractivity contribution in [1.82, 2.24) is 0 Å². The average molecular weight is 409 g/mol. The number of benzene rings is 2. The molecular formula is C22H23N3O5. The van der Waals surface area contributed by atoms with Gasteiger partial charge in [-0.15, -0.1) is 0 Å². The van der Waals surface area contributed by atoms with Crippen molar-refractivity contribution >= 4 is 23.0 Å². The fraction of sp³-hybridized carbons (Fsp3) is 0.409. The van der Waals surface area contributed by atoms with Gasteiger partial charge in [-0.1, -0.05) is 18.2 Å². The highest BCUT2D eigenvalue weighted by Gasteiger charge is 2.41. The van der Waals surface area contributed by atoms with E-state index >= 15 is 0 Å². The van der Waals surface area contributed by atoms with Gasteiger partial charge in [0.05, 0.1) is 18.1 Å². The Kier molecular flexibility index (Phi) is 4.67. The molecule has 0 saturated carbocycles.